The standard InChI is InChI=1S/C13H12N2O2S/c1-9-7-12(15-13(14-9)18-2)17-11-5-3-10(8-16)4-6-11/h3-8H,1-2H3. The molecule has 0 aliphatic rings. The van der Waals surface area contributed by atoms with E-state index in [0.29, 0.717) is 22.3 Å². The van der Waals surface area contributed by atoms with Crippen molar-refractivity contribution in [3.8, 4) is 11.6 Å². The van der Waals surface area contributed by atoms with E-state index in [1.807, 2.05) is 13.2 Å². The summed E-state index contributed by atoms with van der Waals surface area (Å²) < 4.78 is 5.62. The van der Waals surface area contributed by atoms with Crippen LogP contribution < -0.4 is 4.74 Å². The second-order valence-corrected chi connectivity index (χ2v) is 4.40. The lowest BCUT2D eigenvalue weighted by atomic mass is 10.2. The van der Waals surface area contributed by atoms with Gasteiger partial charge in [-0.2, -0.15) is 4.98 Å². The molecule has 0 N–H and O–H groups in total. The Morgan fingerprint density at radius 3 is 2.56 bits per heavy atom. The largest absolute Gasteiger partial charge is 0.439 e. The van der Waals surface area contributed by atoms with Gasteiger partial charge in [-0.15, -0.1) is 0 Å². The van der Waals surface area contributed by atoms with Crippen LogP contribution in [0.1, 0.15) is 16.1 Å². The Kier molecular flexibility index (Phi) is 3.94. The molecule has 0 aliphatic carbocycles. The van der Waals surface area contributed by atoms with Crippen LogP contribution in [0.15, 0.2) is 35.5 Å². The molecule has 0 bridgehead atoms. The average Bonchev–Trinajstić information content (AvgIpc) is 2.39. The SMILES string of the molecule is CSc1nc(C)cc(Oc2ccc(C=O)cc2)n1. The number of carbonyl (C=O) groups is 1. The maximum absolute atomic E-state index is 10.5. The van der Waals surface area contributed by atoms with Crippen molar-refractivity contribution in [3.63, 3.8) is 0 Å². The lowest BCUT2D eigenvalue weighted by Crippen LogP contribution is -1.94. The predicted octanol–water partition coefficient (Wildman–Crippen LogP) is 3.11. The third kappa shape index (κ3) is 3.07. The smallest absolute Gasteiger partial charge is 0.223 e. The number of hydrogen-bond donors (Lipinski definition) is 0. The van der Waals surface area contributed by atoms with Crippen molar-refractivity contribution in [2.75, 3.05) is 6.26 Å². The number of carbonyl (C=O) groups excluding carboxylic acids is 1. The maximum atomic E-state index is 10.5. The molecule has 1 aromatic carbocycles. The molecule has 1 aromatic heterocycles. The van der Waals surface area contributed by atoms with Crippen molar-refractivity contribution in [1.29, 1.82) is 0 Å². The Hall–Kier alpha value is -1.88. The molecule has 18 heavy (non-hydrogen) atoms. The van der Waals surface area contributed by atoms with Gasteiger partial charge in [0.15, 0.2) is 5.16 Å². The summed E-state index contributed by atoms with van der Waals surface area (Å²) in [6.07, 6.45) is 2.71. The second kappa shape index (κ2) is 5.64. The molecular weight excluding hydrogens is 248 g/mol. The fourth-order valence-electron chi connectivity index (χ4n) is 1.39. The number of aldehydes is 1. The first-order chi connectivity index (χ1) is 8.71. The molecule has 0 radical (unpaired) electrons. The fraction of sp³-hybridized carbons (Fsp3) is 0.154. The molecule has 2 rings (SSSR count). The van der Waals surface area contributed by atoms with E-state index in [2.05, 4.69) is 9.97 Å². The Labute approximate surface area is 109 Å². The van der Waals surface area contributed by atoms with E-state index >= 15 is 0 Å². The zero-order chi connectivity index (χ0) is 13.0. The first kappa shape index (κ1) is 12.6. The number of thioether (sulfide) groups is 1. The van der Waals surface area contributed by atoms with Crippen molar-refractivity contribution in [2.24, 2.45) is 0 Å². The van der Waals surface area contributed by atoms with Crippen LogP contribution in [0.2, 0.25) is 0 Å². The van der Waals surface area contributed by atoms with Crippen LogP contribution in [0, 0.1) is 6.92 Å². The van der Waals surface area contributed by atoms with Crippen LogP contribution in [0.4, 0.5) is 0 Å². The van der Waals surface area contributed by atoms with Crippen molar-refractivity contribution < 1.29 is 9.53 Å². The van der Waals surface area contributed by atoms with E-state index in [0.717, 1.165) is 12.0 Å². The van der Waals surface area contributed by atoms with Crippen molar-refractivity contribution >= 4 is 18.0 Å². The second-order valence-electron chi connectivity index (χ2n) is 3.62. The molecule has 0 atom stereocenters. The number of benzene rings is 1. The van der Waals surface area contributed by atoms with Gasteiger partial charge in [-0.3, -0.25) is 4.79 Å². The summed E-state index contributed by atoms with van der Waals surface area (Å²) >= 11 is 1.47. The number of aryl methyl sites for hydroxylation is 1. The van der Waals surface area contributed by atoms with Crippen LogP contribution in [0.3, 0.4) is 0 Å². The summed E-state index contributed by atoms with van der Waals surface area (Å²) in [5.41, 5.74) is 1.47. The molecule has 0 spiro atoms. The number of hydrogen-bond acceptors (Lipinski definition) is 5. The highest BCUT2D eigenvalue weighted by Gasteiger charge is 2.03. The van der Waals surface area contributed by atoms with Crippen LogP contribution >= 0.6 is 11.8 Å². The lowest BCUT2D eigenvalue weighted by molar-refractivity contribution is 0.112. The quantitative estimate of drug-likeness (QED) is 0.480. The van der Waals surface area contributed by atoms with Gasteiger partial charge >= 0.3 is 0 Å². The molecule has 92 valence electrons. The molecule has 4 nitrogen and oxygen atoms in total. The van der Waals surface area contributed by atoms with E-state index in [9.17, 15) is 4.79 Å². The third-order valence-electron chi connectivity index (χ3n) is 2.23. The Morgan fingerprint density at radius 1 is 1.22 bits per heavy atom. The van der Waals surface area contributed by atoms with Gasteiger partial charge in [0, 0.05) is 17.3 Å². The maximum Gasteiger partial charge on any atom is 0.223 e. The van der Waals surface area contributed by atoms with Gasteiger partial charge < -0.3 is 4.74 Å². The van der Waals surface area contributed by atoms with Crippen molar-refractivity contribution in [1.82, 2.24) is 9.97 Å². The number of nitrogens with zero attached hydrogens (tertiary/aromatic N) is 2. The zero-order valence-corrected chi connectivity index (χ0v) is 10.9. The Bertz CT molecular complexity index is 555. The monoisotopic (exact) mass is 260 g/mol. The molecule has 1 heterocycles. The third-order valence-corrected chi connectivity index (χ3v) is 2.78. The van der Waals surface area contributed by atoms with Crippen LogP contribution in [0.25, 0.3) is 0 Å². The molecule has 0 saturated heterocycles. The predicted molar refractivity (Wildman–Crippen MR) is 70.5 cm³/mol. The molecular formula is C13H12N2O2S. The van der Waals surface area contributed by atoms with Gasteiger partial charge in [-0.1, -0.05) is 11.8 Å². The van der Waals surface area contributed by atoms with E-state index in [1.165, 1.54) is 11.8 Å². The molecule has 0 unspecified atom stereocenters. The van der Waals surface area contributed by atoms with Gasteiger partial charge in [-0.05, 0) is 37.4 Å². The zero-order valence-electron chi connectivity index (χ0n) is 10.1. The molecule has 2 aromatic rings. The summed E-state index contributed by atoms with van der Waals surface area (Å²) in [7, 11) is 0. The van der Waals surface area contributed by atoms with E-state index in [4.69, 9.17) is 4.74 Å². The van der Waals surface area contributed by atoms with Crippen molar-refractivity contribution in [3.05, 3.63) is 41.6 Å². The van der Waals surface area contributed by atoms with E-state index in [-0.39, 0.29) is 0 Å². The molecule has 0 aliphatic heterocycles. The highest BCUT2D eigenvalue weighted by atomic mass is 32.2. The summed E-state index contributed by atoms with van der Waals surface area (Å²) in [6.45, 7) is 1.89. The van der Waals surface area contributed by atoms with E-state index in [1.54, 1.807) is 30.3 Å². The van der Waals surface area contributed by atoms with Crippen LogP contribution in [-0.2, 0) is 0 Å². The first-order valence-electron chi connectivity index (χ1n) is 5.34. The summed E-state index contributed by atoms with van der Waals surface area (Å²) in [6, 6.07) is 8.64. The topological polar surface area (TPSA) is 52.1 Å². The van der Waals surface area contributed by atoms with Crippen LogP contribution in [0.5, 0.6) is 11.6 Å². The van der Waals surface area contributed by atoms with Crippen molar-refractivity contribution in [2.45, 2.75) is 12.1 Å². The Balaban J connectivity index is 2.21. The summed E-state index contributed by atoms with van der Waals surface area (Å²) in [4.78, 5) is 19.0. The van der Waals surface area contributed by atoms with E-state index < -0.39 is 0 Å². The first-order valence-corrected chi connectivity index (χ1v) is 6.56. The molecule has 5 heteroatoms. The number of ether oxygens (including phenoxy) is 1. The number of rotatable bonds is 4. The molecule has 0 saturated carbocycles. The summed E-state index contributed by atoms with van der Waals surface area (Å²) in [5, 5.41) is 0.675. The molecule has 0 amide bonds. The van der Waals surface area contributed by atoms with Gasteiger partial charge in [-0.25, -0.2) is 4.98 Å². The van der Waals surface area contributed by atoms with Gasteiger partial charge in [0.1, 0.15) is 12.0 Å². The Morgan fingerprint density at radius 2 is 1.94 bits per heavy atom. The lowest BCUT2D eigenvalue weighted by Gasteiger charge is -2.06. The number of aromatic nitrogens is 2. The minimum Gasteiger partial charge on any atom is -0.439 e. The minimum atomic E-state index is 0.505. The van der Waals surface area contributed by atoms with Crippen LogP contribution in [-0.4, -0.2) is 22.5 Å². The van der Waals surface area contributed by atoms with Gasteiger partial charge in [0.05, 0.1) is 0 Å². The molecule has 0 fully saturated rings. The average molecular weight is 260 g/mol. The normalized spacial score (nSPS) is 10.1. The fourth-order valence-corrected chi connectivity index (χ4v) is 1.81. The van der Waals surface area contributed by atoms with Gasteiger partial charge in [0.25, 0.3) is 0 Å². The highest BCUT2D eigenvalue weighted by molar-refractivity contribution is 7.98. The highest BCUT2D eigenvalue weighted by Crippen LogP contribution is 2.22. The van der Waals surface area contributed by atoms with Gasteiger partial charge in [0.2, 0.25) is 5.88 Å². The summed E-state index contributed by atoms with van der Waals surface area (Å²) in [5.74, 6) is 1.15. The minimum absolute atomic E-state index is 0.505.